The minimum Gasteiger partial charge on any atom is -0.493 e. The zero-order valence-electron chi connectivity index (χ0n) is 17.2. The van der Waals surface area contributed by atoms with Crippen LogP contribution in [-0.4, -0.2) is 77.7 Å². The zero-order valence-corrected chi connectivity index (χ0v) is 17.2. The van der Waals surface area contributed by atoms with Gasteiger partial charge in [0.2, 0.25) is 5.75 Å². The Morgan fingerprint density at radius 2 is 1.82 bits per heavy atom. The van der Waals surface area contributed by atoms with Crippen molar-refractivity contribution in [1.29, 1.82) is 0 Å². The number of benzene rings is 1. The van der Waals surface area contributed by atoms with E-state index in [1.807, 2.05) is 12.1 Å². The van der Waals surface area contributed by atoms with Gasteiger partial charge in [-0.1, -0.05) is 0 Å². The van der Waals surface area contributed by atoms with Gasteiger partial charge in [-0.15, -0.1) is 0 Å². The van der Waals surface area contributed by atoms with Gasteiger partial charge in [0.05, 0.1) is 34.0 Å². The molecule has 3 rings (SSSR count). The summed E-state index contributed by atoms with van der Waals surface area (Å²) in [6.07, 6.45) is 2.46. The number of guanidine groups is 1. The van der Waals surface area contributed by atoms with Crippen molar-refractivity contribution in [3.63, 3.8) is 0 Å². The lowest BCUT2D eigenvalue weighted by Gasteiger charge is -2.37. The number of nitrogens with one attached hydrogen (secondary N) is 1. The Bertz CT molecular complexity index is 651. The number of nitrogens with zero attached hydrogens (tertiary/aromatic N) is 2. The standard InChI is InChI=1S/C20H31N3O5/c1-21-20(23-7-9-28-18(13-23)15-6-5-8-27-15)22-12-14-10-16(24-2)19(26-4)17(11-14)25-3/h10-11,15,18H,5-9,12-13H2,1-4H3,(H,21,22). The Labute approximate surface area is 166 Å². The molecule has 2 saturated heterocycles. The second kappa shape index (κ2) is 9.84. The van der Waals surface area contributed by atoms with E-state index in [1.165, 1.54) is 0 Å². The van der Waals surface area contributed by atoms with Crippen LogP contribution in [0.1, 0.15) is 18.4 Å². The van der Waals surface area contributed by atoms with E-state index in [0.29, 0.717) is 30.4 Å². The summed E-state index contributed by atoms with van der Waals surface area (Å²) < 4.78 is 28.0. The number of hydrogen-bond donors (Lipinski definition) is 1. The van der Waals surface area contributed by atoms with E-state index < -0.39 is 0 Å². The summed E-state index contributed by atoms with van der Waals surface area (Å²) in [5, 5.41) is 3.43. The maximum absolute atomic E-state index is 5.94. The van der Waals surface area contributed by atoms with Gasteiger partial charge in [-0.25, -0.2) is 0 Å². The number of morpholine rings is 1. The minimum atomic E-state index is 0.0935. The van der Waals surface area contributed by atoms with Crippen LogP contribution in [0.15, 0.2) is 17.1 Å². The molecular formula is C20H31N3O5. The van der Waals surface area contributed by atoms with Crippen LogP contribution >= 0.6 is 0 Å². The Balaban J connectivity index is 1.65. The summed E-state index contributed by atoms with van der Waals surface area (Å²) in [6, 6.07) is 3.88. The van der Waals surface area contributed by atoms with Crippen LogP contribution in [0.25, 0.3) is 0 Å². The molecule has 0 bridgehead atoms. The van der Waals surface area contributed by atoms with Crippen LogP contribution < -0.4 is 19.5 Å². The first-order valence-electron chi connectivity index (χ1n) is 9.67. The molecule has 28 heavy (non-hydrogen) atoms. The predicted octanol–water partition coefficient (Wildman–Crippen LogP) is 1.67. The SMILES string of the molecule is CN=C(NCc1cc(OC)c(OC)c(OC)c1)N1CCOC(C2CCCO2)C1. The second-order valence-electron chi connectivity index (χ2n) is 6.84. The molecule has 0 aliphatic carbocycles. The van der Waals surface area contributed by atoms with E-state index in [9.17, 15) is 0 Å². The van der Waals surface area contributed by atoms with Crippen LogP contribution in [0.5, 0.6) is 17.2 Å². The van der Waals surface area contributed by atoms with E-state index in [2.05, 4.69) is 15.2 Å². The topological polar surface area (TPSA) is 73.8 Å². The molecule has 0 aromatic heterocycles. The molecule has 1 aromatic carbocycles. The van der Waals surface area contributed by atoms with Crippen molar-refractivity contribution in [2.75, 3.05) is 54.7 Å². The van der Waals surface area contributed by atoms with Gasteiger partial charge in [0.25, 0.3) is 0 Å². The van der Waals surface area contributed by atoms with Gasteiger partial charge in [0.15, 0.2) is 17.5 Å². The van der Waals surface area contributed by atoms with E-state index >= 15 is 0 Å². The quantitative estimate of drug-likeness (QED) is 0.582. The highest BCUT2D eigenvalue weighted by atomic mass is 16.5. The van der Waals surface area contributed by atoms with Gasteiger partial charge in [-0.3, -0.25) is 4.99 Å². The number of ether oxygens (including phenoxy) is 5. The van der Waals surface area contributed by atoms with Crippen LogP contribution in [0.2, 0.25) is 0 Å². The van der Waals surface area contributed by atoms with Crippen LogP contribution in [-0.2, 0) is 16.0 Å². The van der Waals surface area contributed by atoms with Gasteiger partial charge >= 0.3 is 0 Å². The molecule has 0 radical (unpaired) electrons. The average molecular weight is 393 g/mol. The Morgan fingerprint density at radius 1 is 1.11 bits per heavy atom. The fourth-order valence-electron chi connectivity index (χ4n) is 3.74. The molecule has 2 unspecified atom stereocenters. The van der Waals surface area contributed by atoms with Crippen LogP contribution in [0, 0.1) is 0 Å². The van der Waals surface area contributed by atoms with Crippen molar-refractivity contribution in [2.45, 2.75) is 31.6 Å². The largest absolute Gasteiger partial charge is 0.493 e. The van der Waals surface area contributed by atoms with Crippen molar-refractivity contribution < 1.29 is 23.7 Å². The molecule has 156 valence electrons. The first-order valence-corrected chi connectivity index (χ1v) is 9.67. The first-order chi connectivity index (χ1) is 13.7. The molecular weight excluding hydrogens is 362 g/mol. The molecule has 2 fully saturated rings. The predicted molar refractivity (Wildman–Crippen MR) is 107 cm³/mol. The Hall–Kier alpha value is -2.19. The van der Waals surface area contributed by atoms with E-state index in [0.717, 1.165) is 44.1 Å². The molecule has 0 saturated carbocycles. The molecule has 2 atom stereocenters. The lowest BCUT2D eigenvalue weighted by atomic mass is 10.1. The molecule has 1 aromatic rings. The van der Waals surface area contributed by atoms with Gasteiger partial charge in [-0.2, -0.15) is 0 Å². The summed E-state index contributed by atoms with van der Waals surface area (Å²) in [4.78, 5) is 6.68. The normalized spacial score (nSPS) is 22.9. The fourth-order valence-corrected chi connectivity index (χ4v) is 3.74. The number of aliphatic imine (C=N–C) groups is 1. The van der Waals surface area contributed by atoms with Crippen LogP contribution in [0.4, 0.5) is 0 Å². The van der Waals surface area contributed by atoms with Crippen molar-refractivity contribution >= 4 is 5.96 Å². The third-order valence-corrected chi connectivity index (χ3v) is 5.16. The van der Waals surface area contributed by atoms with Crippen molar-refractivity contribution in [3.05, 3.63) is 17.7 Å². The molecule has 8 heteroatoms. The molecule has 2 aliphatic heterocycles. The third-order valence-electron chi connectivity index (χ3n) is 5.16. The monoisotopic (exact) mass is 393 g/mol. The van der Waals surface area contributed by atoms with Crippen molar-refractivity contribution in [1.82, 2.24) is 10.2 Å². The van der Waals surface area contributed by atoms with Crippen molar-refractivity contribution in [2.24, 2.45) is 4.99 Å². The molecule has 8 nitrogen and oxygen atoms in total. The first kappa shape index (κ1) is 20.5. The lowest BCUT2D eigenvalue weighted by molar-refractivity contribution is -0.0817. The molecule has 1 N–H and O–H groups in total. The smallest absolute Gasteiger partial charge is 0.203 e. The summed E-state index contributed by atoms with van der Waals surface area (Å²) in [5.41, 5.74) is 1.01. The average Bonchev–Trinajstić information content (AvgIpc) is 3.28. The number of methoxy groups -OCH3 is 3. The summed E-state index contributed by atoms with van der Waals surface area (Å²) in [7, 11) is 6.63. The number of rotatable bonds is 6. The Kier molecular flexibility index (Phi) is 7.22. The van der Waals surface area contributed by atoms with Gasteiger partial charge in [-0.05, 0) is 30.5 Å². The maximum Gasteiger partial charge on any atom is 0.203 e. The highest BCUT2D eigenvalue weighted by Crippen LogP contribution is 2.38. The van der Waals surface area contributed by atoms with Gasteiger partial charge in [0, 0.05) is 33.3 Å². The Morgan fingerprint density at radius 3 is 2.39 bits per heavy atom. The van der Waals surface area contributed by atoms with E-state index in [-0.39, 0.29) is 12.2 Å². The van der Waals surface area contributed by atoms with Crippen molar-refractivity contribution in [3.8, 4) is 17.2 Å². The maximum atomic E-state index is 5.94. The van der Waals surface area contributed by atoms with Crippen LogP contribution in [0.3, 0.4) is 0 Å². The summed E-state index contributed by atoms with van der Waals surface area (Å²) >= 11 is 0. The molecule has 0 spiro atoms. The summed E-state index contributed by atoms with van der Waals surface area (Å²) in [6.45, 7) is 3.68. The van der Waals surface area contributed by atoms with E-state index in [1.54, 1.807) is 28.4 Å². The fraction of sp³-hybridized carbons (Fsp3) is 0.650. The molecule has 0 amide bonds. The molecule has 2 heterocycles. The summed E-state index contributed by atoms with van der Waals surface area (Å²) in [5.74, 6) is 2.71. The van der Waals surface area contributed by atoms with Gasteiger partial charge in [0.1, 0.15) is 6.10 Å². The van der Waals surface area contributed by atoms with E-state index in [4.69, 9.17) is 23.7 Å². The molecule has 2 aliphatic rings. The minimum absolute atomic E-state index is 0.0935. The lowest BCUT2D eigenvalue weighted by Crippen LogP contribution is -2.53. The highest BCUT2D eigenvalue weighted by molar-refractivity contribution is 5.80. The highest BCUT2D eigenvalue weighted by Gasteiger charge is 2.32. The second-order valence-corrected chi connectivity index (χ2v) is 6.84. The third kappa shape index (κ3) is 4.62. The van der Waals surface area contributed by atoms with Gasteiger partial charge < -0.3 is 33.9 Å². The number of hydrogen-bond acceptors (Lipinski definition) is 6. The zero-order chi connectivity index (χ0) is 19.9.